The second-order valence-corrected chi connectivity index (χ2v) is 10.3. The molecule has 3 aliphatic rings. The molecule has 1 aromatic heterocycles. The first-order valence-electron chi connectivity index (χ1n) is 12.8. The monoisotopic (exact) mass is 500 g/mol. The third kappa shape index (κ3) is 4.09. The Labute approximate surface area is 215 Å². The Kier molecular flexibility index (Phi) is 6.33. The number of halogens is 1. The summed E-state index contributed by atoms with van der Waals surface area (Å²) in [6.45, 7) is 1.77. The highest BCUT2D eigenvalue weighted by atomic mass is 19.1. The van der Waals surface area contributed by atoms with Crippen LogP contribution in [0.2, 0.25) is 0 Å². The Bertz CT molecular complexity index is 1300. The molecule has 190 valence electrons. The minimum Gasteiger partial charge on any atom is -0.369 e. The molecule has 2 heterocycles. The first-order valence-corrected chi connectivity index (χ1v) is 12.8. The van der Waals surface area contributed by atoms with Crippen LogP contribution in [0.1, 0.15) is 44.1 Å². The number of nitrogens with two attached hydrogens (primary N) is 1. The summed E-state index contributed by atoms with van der Waals surface area (Å²) < 4.78 is 13.4. The zero-order chi connectivity index (χ0) is 26.2. The SMILES string of the molecule is N#Cc1ccc(-c2ccc(F)cc2)nc1N1CCN(C(=O)C2CCCCC2(C(N)=O)C2(C#N)CC2)CC1. The number of anilines is 1. The third-order valence-electron chi connectivity index (χ3n) is 8.49. The van der Waals surface area contributed by atoms with Gasteiger partial charge in [0.15, 0.2) is 0 Å². The number of benzene rings is 1. The molecule has 2 saturated carbocycles. The molecule has 2 aliphatic carbocycles. The minimum absolute atomic E-state index is 0.104. The van der Waals surface area contributed by atoms with Gasteiger partial charge < -0.3 is 15.5 Å². The first-order chi connectivity index (χ1) is 17.8. The molecule has 8 nitrogen and oxygen atoms in total. The van der Waals surface area contributed by atoms with E-state index >= 15 is 0 Å². The third-order valence-corrected chi connectivity index (χ3v) is 8.49. The fraction of sp³-hybridized carbons (Fsp3) is 0.464. The summed E-state index contributed by atoms with van der Waals surface area (Å²) >= 11 is 0. The second-order valence-electron chi connectivity index (χ2n) is 10.3. The van der Waals surface area contributed by atoms with Crippen molar-refractivity contribution in [3.63, 3.8) is 0 Å². The average Bonchev–Trinajstić information content (AvgIpc) is 3.74. The maximum Gasteiger partial charge on any atom is 0.226 e. The summed E-state index contributed by atoms with van der Waals surface area (Å²) in [7, 11) is 0. The molecule has 0 bridgehead atoms. The van der Waals surface area contributed by atoms with E-state index in [1.54, 1.807) is 29.2 Å². The summed E-state index contributed by atoms with van der Waals surface area (Å²) in [4.78, 5) is 35.1. The van der Waals surface area contributed by atoms with Gasteiger partial charge in [0, 0.05) is 31.7 Å². The second kappa shape index (κ2) is 9.48. The topological polar surface area (TPSA) is 127 Å². The van der Waals surface area contributed by atoms with Crippen LogP contribution < -0.4 is 10.6 Å². The van der Waals surface area contributed by atoms with Crippen LogP contribution >= 0.6 is 0 Å². The molecule has 0 radical (unpaired) electrons. The Morgan fingerprint density at radius 2 is 1.70 bits per heavy atom. The number of carbonyl (C=O) groups is 2. The van der Waals surface area contributed by atoms with E-state index in [0.717, 1.165) is 18.4 Å². The zero-order valence-electron chi connectivity index (χ0n) is 20.6. The fourth-order valence-electron chi connectivity index (χ4n) is 6.31. The normalized spacial score (nSPS) is 24.6. The standard InChI is InChI=1S/C28H29FN6O2/c29-21-7-4-19(5-8-21)23-9-6-20(17-30)24(33-23)34-13-15-35(16-14-34)25(36)22-3-1-2-10-28(22,26(32)37)27(18-31)11-12-27/h4-9,22H,1-3,10-16H2,(H2,32,37). The van der Waals surface area contributed by atoms with Crippen molar-refractivity contribution in [1.82, 2.24) is 9.88 Å². The molecule has 0 spiro atoms. The zero-order valence-corrected chi connectivity index (χ0v) is 20.6. The molecule has 1 aromatic carbocycles. The van der Waals surface area contributed by atoms with Crippen LogP contribution in [0.15, 0.2) is 36.4 Å². The molecule has 1 aliphatic heterocycles. The molecule has 9 heteroatoms. The van der Waals surface area contributed by atoms with Gasteiger partial charge in [0.1, 0.15) is 17.7 Å². The van der Waals surface area contributed by atoms with Crippen molar-refractivity contribution >= 4 is 17.6 Å². The highest BCUT2D eigenvalue weighted by Crippen LogP contribution is 2.65. The summed E-state index contributed by atoms with van der Waals surface area (Å²) in [6, 6.07) is 14.0. The summed E-state index contributed by atoms with van der Waals surface area (Å²) in [5.74, 6) is -1.01. The van der Waals surface area contributed by atoms with Crippen LogP contribution in [-0.2, 0) is 9.59 Å². The van der Waals surface area contributed by atoms with E-state index in [-0.39, 0.29) is 11.7 Å². The van der Waals surface area contributed by atoms with Crippen LogP contribution in [0, 0.1) is 45.2 Å². The largest absolute Gasteiger partial charge is 0.369 e. The number of nitrogens with zero attached hydrogens (tertiary/aromatic N) is 5. The van der Waals surface area contributed by atoms with Crippen molar-refractivity contribution < 1.29 is 14.0 Å². The Morgan fingerprint density at radius 3 is 2.30 bits per heavy atom. The van der Waals surface area contributed by atoms with Gasteiger partial charge in [-0.1, -0.05) is 12.8 Å². The van der Waals surface area contributed by atoms with Gasteiger partial charge in [-0.3, -0.25) is 9.59 Å². The maximum absolute atomic E-state index is 13.8. The Morgan fingerprint density at radius 1 is 1.00 bits per heavy atom. The van der Waals surface area contributed by atoms with Gasteiger partial charge in [-0.05, 0) is 62.1 Å². The lowest BCUT2D eigenvalue weighted by Gasteiger charge is -2.46. The number of carbonyl (C=O) groups excluding carboxylic acids is 2. The lowest BCUT2D eigenvalue weighted by atomic mass is 9.57. The van der Waals surface area contributed by atoms with E-state index in [1.165, 1.54) is 12.1 Å². The number of hydrogen-bond acceptors (Lipinski definition) is 6. The van der Waals surface area contributed by atoms with Crippen LogP contribution in [0.5, 0.6) is 0 Å². The molecule has 2 amide bonds. The van der Waals surface area contributed by atoms with E-state index in [4.69, 9.17) is 10.7 Å². The molecule has 2 atom stereocenters. The van der Waals surface area contributed by atoms with Crippen molar-refractivity contribution in [2.75, 3.05) is 31.1 Å². The van der Waals surface area contributed by atoms with Crippen molar-refractivity contribution in [2.45, 2.75) is 38.5 Å². The van der Waals surface area contributed by atoms with Gasteiger partial charge in [-0.2, -0.15) is 10.5 Å². The predicted octanol–water partition coefficient (Wildman–Crippen LogP) is 3.37. The Balaban J connectivity index is 1.35. The lowest BCUT2D eigenvalue weighted by Crippen LogP contribution is -2.58. The number of pyridine rings is 1. The highest BCUT2D eigenvalue weighted by molar-refractivity contribution is 5.92. The van der Waals surface area contributed by atoms with Gasteiger partial charge in [0.05, 0.1) is 34.1 Å². The molecule has 2 N–H and O–H groups in total. The number of amides is 2. The van der Waals surface area contributed by atoms with Crippen molar-refractivity contribution in [3.8, 4) is 23.4 Å². The van der Waals surface area contributed by atoms with Crippen molar-refractivity contribution in [1.29, 1.82) is 10.5 Å². The molecule has 3 fully saturated rings. The van der Waals surface area contributed by atoms with E-state index in [9.17, 15) is 24.5 Å². The Hall–Kier alpha value is -3.98. The van der Waals surface area contributed by atoms with Gasteiger partial charge in [-0.15, -0.1) is 0 Å². The minimum atomic E-state index is -1.10. The molecular formula is C28H29FN6O2. The van der Waals surface area contributed by atoms with Gasteiger partial charge in [-0.25, -0.2) is 9.37 Å². The number of nitriles is 2. The highest BCUT2D eigenvalue weighted by Gasteiger charge is 2.68. The molecular weight excluding hydrogens is 471 g/mol. The summed E-state index contributed by atoms with van der Waals surface area (Å²) in [5, 5.41) is 19.6. The molecule has 5 rings (SSSR count). The van der Waals surface area contributed by atoms with Gasteiger partial charge >= 0.3 is 0 Å². The van der Waals surface area contributed by atoms with Gasteiger partial charge in [0.2, 0.25) is 11.8 Å². The average molecular weight is 501 g/mol. The lowest BCUT2D eigenvalue weighted by molar-refractivity contribution is -0.154. The molecule has 37 heavy (non-hydrogen) atoms. The van der Waals surface area contributed by atoms with E-state index in [2.05, 4.69) is 12.1 Å². The van der Waals surface area contributed by atoms with E-state index in [1.807, 2.05) is 4.90 Å². The predicted molar refractivity (Wildman–Crippen MR) is 134 cm³/mol. The van der Waals surface area contributed by atoms with Crippen LogP contribution in [0.25, 0.3) is 11.3 Å². The van der Waals surface area contributed by atoms with Gasteiger partial charge in [0.25, 0.3) is 0 Å². The number of piperazine rings is 1. The van der Waals surface area contributed by atoms with Crippen LogP contribution in [0.3, 0.4) is 0 Å². The van der Waals surface area contributed by atoms with Crippen molar-refractivity contribution in [3.05, 3.63) is 47.8 Å². The van der Waals surface area contributed by atoms with E-state index < -0.39 is 22.7 Å². The smallest absolute Gasteiger partial charge is 0.226 e. The van der Waals surface area contributed by atoms with Crippen molar-refractivity contribution in [2.24, 2.45) is 22.5 Å². The van der Waals surface area contributed by atoms with E-state index in [0.29, 0.717) is 68.9 Å². The number of rotatable bonds is 5. The summed E-state index contributed by atoms with van der Waals surface area (Å²) in [5.41, 5.74) is 5.80. The number of hydrogen-bond donors (Lipinski definition) is 1. The number of primary amides is 1. The van der Waals surface area contributed by atoms with Crippen LogP contribution in [0.4, 0.5) is 10.2 Å². The maximum atomic E-state index is 13.8. The molecule has 2 unspecified atom stereocenters. The molecule has 2 aromatic rings. The van der Waals surface area contributed by atoms with Crippen LogP contribution in [-0.4, -0.2) is 47.9 Å². The fourth-order valence-corrected chi connectivity index (χ4v) is 6.31. The number of aromatic nitrogens is 1. The quantitative estimate of drug-likeness (QED) is 0.671. The first kappa shape index (κ1) is 24.7. The molecule has 1 saturated heterocycles. The summed E-state index contributed by atoms with van der Waals surface area (Å²) in [6.07, 6.45) is 3.88.